The molecule has 1 N–H and O–H groups in total. The Morgan fingerprint density at radius 2 is 1.71 bits per heavy atom. The molecule has 4 heteroatoms. The van der Waals surface area contributed by atoms with E-state index in [0.717, 1.165) is 29.7 Å². The van der Waals surface area contributed by atoms with Gasteiger partial charge in [0.2, 0.25) is 11.8 Å². The van der Waals surface area contributed by atoms with Crippen molar-refractivity contribution in [3.8, 4) is 0 Å². The Morgan fingerprint density at radius 1 is 1.07 bits per heavy atom. The molecule has 0 bridgehead atoms. The van der Waals surface area contributed by atoms with Crippen LogP contribution >= 0.6 is 0 Å². The summed E-state index contributed by atoms with van der Waals surface area (Å²) >= 11 is 0. The van der Waals surface area contributed by atoms with Gasteiger partial charge in [-0.3, -0.25) is 9.59 Å². The van der Waals surface area contributed by atoms with E-state index in [1.54, 1.807) is 4.90 Å². The summed E-state index contributed by atoms with van der Waals surface area (Å²) in [6, 6.07) is 17.9. The Bertz CT molecular complexity index is 902. The number of hydrogen-bond acceptors (Lipinski definition) is 2. The number of benzene rings is 2. The minimum atomic E-state index is -0.857. The van der Waals surface area contributed by atoms with Crippen LogP contribution in [-0.4, -0.2) is 24.4 Å². The van der Waals surface area contributed by atoms with Crippen LogP contribution in [0.1, 0.15) is 44.2 Å². The van der Waals surface area contributed by atoms with E-state index in [1.807, 2.05) is 61.6 Å². The van der Waals surface area contributed by atoms with Crippen molar-refractivity contribution in [3.63, 3.8) is 0 Å². The van der Waals surface area contributed by atoms with Crippen LogP contribution < -0.4 is 10.2 Å². The maximum absolute atomic E-state index is 13.5. The predicted molar refractivity (Wildman–Crippen MR) is 111 cm³/mol. The van der Waals surface area contributed by atoms with Gasteiger partial charge in [0, 0.05) is 24.7 Å². The third kappa shape index (κ3) is 3.01. The lowest BCUT2D eigenvalue weighted by Gasteiger charge is -2.30. The van der Waals surface area contributed by atoms with Crippen LogP contribution in [0.5, 0.6) is 0 Å². The highest BCUT2D eigenvalue weighted by Gasteiger charge is 2.53. The minimum Gasteiger partial charge on any atom is -0.350 e. The van der Waals surface area contributed by atoms with Gasteiger partial charge in [-0.2, -0.15) is 0 Å². The zero-order chi connectivity index (χ0) is 19.9. The van der Waals surface area contributed by atoms with Crippen molar-refractivity contribution in [1.82, 2.24) is 5.32 Å². The summed E-state index contributed by atoms with van der Waals surface area (Å²) in [4.78, 5) is 28.3. The van der Waals surface area contributed by atoms with Gasteiger partial charge in [0.15, 0.2) is 0 Å². The van der Waals surface area contributed by atoms with Gasteiger partial charge in [-0.05, 0) is 42.4 Å². The van der Waals surface area contributed by atoms with E-state index in [-0.39, 0.29) is 23.8 Å². The molecule has 2 aromatic rings. The van der Waals surface area contributed by atoms with E-state index in [2.05, 4.69) is 19.2 Å². The van der Waals surface area contributed by atoms with Crippen LogP contribution in [0.3, 0.4) is 0 Å². The number of nitrogens with zero attached hydrogens (tertiary/aromatic N) is 1. The molecule has 2 amide bonds. The number of para-hydroxylation sites is 1. The molecule has 4 rings (SSSR count). The van der Waals surface area contributed by atoms with E-state index in [4.69, 9.17) is 0 Å². The predicted octanol–water partition coefficient (Wildman–Crippen LogP) is 3.84. The van der Waals surface area contributed by atoms with Crippen molar-refractivity contribution in [3.05, 3.63) is 65.7 Å². The Hall–Kier alpha value is -2.62. The molecule has 2 aliphatic rings. The number of hydrogen-bond donors (Lipinski definition) is 1. The summed E-state index contributed by atoms with van der Waals surface area (Å²) in [5.41, 5.74) is 1.98. The standard InChI is InChI=1S/C24H28N2O2/c1-17(2)24(13-14-24)25-21(27)16-23(15-18-9-5-4-6-10-18)19-11-7-8-12-20(19)26(3)22(23)28/h4-12,17H,13-16H2,1-3H3,(H,25,27)/t23-/m0/s1. The summed E-state index contributed by atoms with van der Waals surface area (Å²) in [7, 11) is 1.81. The first-order chi connectivity index (χ1) is 13.4. The molecule has 4 nitrogen and oxygen atoms in total. The lowest BCUT2D eigenvalue weighted by Crippen LogP contribution is -2.48. The molecule has 1 heterocycles. The summed E-state index contributed by atoms with van der Waals surface area (Å²) < 4.78 is 0. The van der Waals surface area contributed by atoms with Crippen LogP contribution in [0.4, 0.5) is 5.69 Å². The first-order valence-electron chi connectivity index (χ1n) is 10.1. The van der Waals surface area contributed by atoms with Crippen LogP contribution in [0.15, 0.2) is 54.6 Å². The molecule has 2 aromatic carbocycles. The van der Waals surface area contributed by atoms with Crippen molar-refractivity contribution in [2.45, 2.75) is 50.5 Å². The van der Waals surface area contributed by atoms with E-state index in [0.29, 0.717) is 12.3 Å². The number of carbonyl (C=O) groups is 2. The summed E-state index contributed by atoms with van der Waals surface area (Å²) in [5, 5.41) is 3.26. The van der Waals surface area contributed by atoms with Gasteiger partial charge in [-0.25, -0.2) is 0 Å². The molecular weight excluding hydrogens is 348 g/mol. The van der Waals surface area contributed by atoms with Crippen LogP contribution in [0.25, 0.3) is 0 Å². The number of amides is 2. The number of fused-ring (bicyclic) bond motifs is 1. The molecule has 28 heavy (non-hydrogen) atoms. The fraction of sp³-hybridized carbons (Fsp3) is 0.417. The molecule has 1 atom stereocenters. The average Bonchev–Trinajstić information content (AvgIpc) is 3.44. The number of likely N-dealkylation sites (N-methyl/N-ethyl adjacent to an activating group) is 1. The van der Waals surface area contributed by atoms with E-state index in [1.165, 1.54) is 0 Å². The fourth-order valence-electron chi connectivity index (χ4n) is 4.64. The summed E-state index contributed by atoms with van der Waals surface area (Å²) in [5.74, 6) is 0.374. The van der Waals surface area contributed by atoms with Crippen molar-refractivity contribution in [2.75, 3.05) is 11.9 Å². The Kier molecular flexibility index (Phi) is 4.53. The van der Waals surface area contributed by atoms with Gasteiger partial charge in [-0.1, -0.05) is 62.4 Å². The first-order valence-corrected chi connectivity index (χ1v) is 10.1. The highest BCUT2D eigenvalue weighted by atomic mass is 16.2. The third-order valence-electron chi connectivity index (χ3n) is 6.59. The highest BCUT2D eigenvalue weighted by Crippen LogP contribution is 2.47. The molecule has 0 unspecified atom stereocenters. The largest absolute Gasteiger partial charge is 0.350 e. The highest BCUT2D eigenvalue weighted by molar-refractivity contribution is 6.10. The Morgan fingerprint density at radius 3 is 2.36 bits per heavy atom. The van der Waals surface area contributed by atoms with Crippen molar-refractivity contribution in [2.24, 2.45) is 5.92 Å². The van der Waals surface area contributed by atoms with Crippen molar-refractivity contribution >= 4 is 17.5 Å². The van der Waals surface area contributed by atoms with Crippen LogP contribution in [0.2, 0.25) is 0 Å². The number of nitrogens with one attached hydrogen (secondary N) is 1. The zero-order valence-electron chi connectivity index (χ0n) is 16.9. The Balaban J connectivity index is 1.71. The number of rotatable bonds is 6. The minimum absolute atomic E-state index is 0.00194. The van der Waals surface area contributed by atoms with Gasteiger partial charge in [0.1, 0.15) is 0 Å². The molecule has 1 fully saturated rings. The molecule has 1 saturated carbocycles. The average molecular weight is 377 g/mol. The molecular formula is C24H28N2O2. The zero-order valence-corrected chi connectivity index (χ0v) is 16.9. The maximum atomic E-state index is 13.5. The topological polar surface area (TPSA) is 49.4 Å². The van der Waals surface area contributed by atoms with Crippen molar-refractivity contribution < 1.29 is 9.59 Å². The Labute approximate surface area is 166 Å². The molecule has 0 spiro atoms. The summed E-state index contributed by atoms with van der Waals surface area (Å²) in [6.07, 6.45) is 2.74. The van der Waals surface area contributed by atoms with Crippen molar-refractivity contribution in [1.29, 1.82) is 0 Å². The molecule has 1 aliphatic heterocycles. The van der Waals surface area contributed by atoms with Gasteiger partial charge < -0.3 is 10.2 Å². The fourth-order valence-corrected chi connectivity index (χ4v) is 4.64. The molecule has 0 saturated heterocycles. The van der Waals surface area contributed by atoms with Gasteiger partial charge in [0.05, 0.1) is 5.41 Å². The number of carbonyl (C=O) groups excluding carboxylic acids is 2. The first kappa shape index (κ1) is 18.7. The normalized spacial score (nSPS) is 22.3. The monoisotopic (exact) mass is 376 g/mol. The van der Waals surface area contributed by atoms with E-state index >= 15 is 0 Å². The second-order valence-corrected chi connectivity index (χ2v) is 8.66. The third-order valence-corrected chi connectivity index (χ3v) is 6.59. The summed E-state index contributed by atoms with van der Waals surface area (Å²) in [6.45, 7) is 4.30. The van der Waals surface area contributed by atoms with Crippen LogP contribution in [-0.2, 0) is 21.4 Å². The van der Waals surface area contributed by atoms with Gasteiger partial charge in [0.25, 0.3) is 0 Å². The second kappa shape index (κ2) is 6.77. The van der Waals surface area contributed by atoms with Gasteiger partial charge in [-0.15, -0.1) is 0 Å². The van der Waals surface area contributed by atoms with Gasteiger partial charge >= 0.3 is 0 Å². The molecule has 146 valence electrons. The lowest BCUT2D eigenvalue weighted by atomic mass is 9.73. The molecule has 1 aliphatic carbocycles. The second-order valence-electron chi connectivity index (χ2n) is 8.66. The van der Waals surface area contributed by atoms with E-state index in [9.17, 15) is 9.59 Å². The number of anilines is 1. The molecule has 0 radical (unpaired) electrons. The lowest BCUT2D eigenvalue weighted by molar-refractivity contribution is -0.130. The SMILES string of the molecule is CC(C)C1(NC(=O)C[C@]2(Cc3ccccc3)C(=O)N(C)c3ccccc32)CC1. The maximum Gasteiger partial charge on any atom is 0.238 e. The van der Waals surface area contributed by atoms with Crippen LogP contribution in [0, 0.1) is 5.92 Å². The smallest absolute Gasteiger partial charge is 0.238 e. The quantitative estimate of drug-likeness (QED) is 0.833. The molecule has 0 aromatic heterocycles. The van der Waals surface area contributed by atoms with E-state index < -0.39 is 5.41 Å².